The number of aromatic nitrogens is 12. The molecule has 0 bridgehead atoms. The van der Waals surface area contributed by atoms with Crippen LogP contribution in [-0.2, 0) is 112 Å². The van der Waals surface area contributed by atoms with Gasteiger partial charge in [-0.2, -0.15) is 15.0 Å². The fourth-order valence-electron chi connectivity index (χ4n) is 12.2. The molecule has 0 aromatic carbocycles. The molecule has 120 heavy (non-hydrogen) atoms. The van der Waals surface area contributed by atoms with Crippen LogP contribution in [0.25, 0.3) is 33.5 Å². The number of rotatable bonds is 30. The van der Waals surface area contributed by atoms with Gasteiger partial charge in [0.05, 0.1) is 93.5 Å². The van der Waals surface area contributed by atoms with Crippen molar-refractivity contribution in [3.8, 4) is 0 Å². The van der Waals surface area contributed by atoms with Crippen molar-refractivity contribution in [3.05, 3.63) is 37.6 Å². The van der Waals surface area contributed by atoms with Gasteiger partial charge in [0.25, 0.3) is 0 Å². The van der Waals surface area contributed by atoms with Gasteiger partial charge in [-0.3, -0.25) is 83.2 Å². The van der Waals surface area contributed by atoms with Crippen molar-refractivity contribution in [2.45, 2.75) is 194 Å². The number of anilines is 3. The minimum atomic E-state index is -4.17. The van der Waals surface area contributed by atoms with Crippen LogP contribution >= 0.6 is 58.8 Å². The molecule has 0 radical (unpaired) electrons. The van der Waals surface area contributed by atoms with Crippen molar-refractivity contribution in [2.75, 3.05) is 93.9 Å². The number of phosphoric acid groups is 3. The number of ether oxygens (including phenoxy) is 6. The third-order valence-corrected chi connectivity index (χ3v) is 27.7. The Balaban J connectivity index is 0.000000189. The van der Waals surface area contributed by atoms with Gasteiger partial charge in [-0.15, -0.1) is 0 Å². The Morgan fingerprint density at radius 3 is 0.933 bits per heavy atom. The van der Waals surface area contributed by atoms with Crippen molar-refractivity contribution >= 4 is 143 Å². The Hall–Kier alpha value is -6.60. The minimum Gasteiger partial charge on any atom is -0.463 e. The first-order valence-electron chi connectivity index (χ1n) is 37.8. The number of nitrogens with zero attached hydrogens (tertiary/aromatic N) is 12. The third-order valence-electron chi connectivity index (χ3n) is 19.8. The number of nitrogens with two attached hydrogens (primary N) is 6. The lowest BCUT2D eigenvalue weighted by Crippen LogP contribution is -2.44. The predicted octanol–water partition coefficient (Wildman–Crippen LogP) is 7.16. The van der Waals surface area contributed by atoms with Gasteiger partial charge >= 0.3 is 41.4 Å². The van der Waals surface area contributed by atoms with E-state index in [1.54, 1.807) is 83.1 Å². The quantitative estimate of drug-likeness (QED) is 0.0113. The number of hydrogen-bond donors (Lipinski definition) is 6. The second-order valence-corrected chi connectivity index (χ2v) is 40.4. The molecule has 12 rings (SSSR count). The highest BCUT2D eigenvalue weighted by Gasteiger charge is 2.65. The predicted molar refractivity (Wildman–Crippen MR) is 428 cm³/mol. The van der Waals surface area contributed by atoms with Gasteiger partial charge in [-0.1, -0.05) is 76.8 Å². The van der Waals surface area contributed by atoms with Crippen LogP contribution in [0, 0.1) is 34.0 Å². The molecule has 12 heterocycles. The average Bonchev–Trinajstić information content (AvgIpc) is 1.59. The zero-order valence-corrected chi connectivity index (χ0v) is 73.6. The number of alkyl halides is 3. The van der Waals surface area contributed by atoms with Gasteiger partial charge in [0, 0.05) is 17.3 Å². The van der Waals surface area contributed by atoms with E-state index >= 15 is 13.2 Å². The smallest absolute Gasteiger partial charge is 0.463 e. The molecule has 0 aliphatic carbocycles. The molecule has 6 saturated heterocycles. The monoisotopic (exact) mass is 1810 g/mol. The summed E-state index contributed by atoms with van der Waals surface area (Å²) in [5, 5.41) is -0.816. The molecule has 6 aromatic rings. The van der Waals surface area contributed by atoms with Crippen LogP contribution in [0.3, 0.4) is 0 Å². The molecule has 0 saturated carbocycles. The van der Waals surface area contributed by atoms with Crippen LogP contribution in [0.4, 0.5) is 31.0 Å². The molecule has 42 nitrogen and oxygen atoms in total. The maximum Gasteiger partial charge on any atom is 0.475 e. The molecule has 0 amide bonds. The first-order valence-corrected chi connectivity index (χ1v) is 45.2. The van der Waals surface area contributed by atoms with E-state index < -0.39 is 148 Å². The number of carbonyl (C=O) groups is 6. The Morgan fingerprint density at radius 1 is 0.458 bits per heavy atom. The van der Waals surface area contributed by atoms with E-state index in [-0.39, 0.29) is 145 Å². The van der Waals surface area contributed by atoms with Crippen LogP contribution in [0.2, 0.25) is 0 Å². The number of thioether (sulfide) groups is 3. The highest BCUT2D eigenvalue weighted by atomic mass is 32.2. The van der Waals surface area contributed by atoms with Crippen LogP contribution in [0.1, 0.15) is 123 Å². The van der Waals surface area contributed by atoms with Gasteiger partial charge in [0.2, 0.25) is 17.8 Å². The molecule has 18 atom stereocenters. The van der Waals surface area contributed by atoms with Gasteiger partial charge in [-0.25, -0.2) is 56.8 Å². The standard InChI is InChI=1S/3C23H34FN6O8PS/c3*1-12(2)15(25)18(31)34-10-22(3,4)20(32)40-7-6-35-39(33)36-9-14-16(38-39)23(5,24)19(37-14)30-11-28-13-8-27-21(26)29-17(13)30/h3*8,11-12,14-16,19H,6-7,9-10,25H2,1-5H3,(H2,26,27,29)/t14-,15+,16-,19-,23-,39?;14-,15+,16-,19-,23-,39+;14-,15+,16-,19-,23-,39-/m111/s1. The van der Waals surface area contributed by atoms with Crippen LogP contribution in [0.5, 0.6) is 0 Å². The van der Waals surface area contributed by atoms with E-state index in [1.807, 2.05) is 0 Å². The lowest BCUT2D eigenvalue weighted by molar-refractivity contribution is -0.151. The van der Waals surface area contributed by atoms with E-state index in [2.05, 4.69) is 44.9 Å². The van der Waals surface area contributed by atoms with Crippen molar-refractivity contribution in [1.29, 1.82) is 0 Å². The van der Waals surface area contributed by atoms with Gasteiger partial charge in [0.1, 0.15) is 91.1 Å². The second-order valence-electron chi connectivity index (χ2n) is 32.3. The normalized spacial score (nSPS) is 29.4. The molecule has 6 fully saturated rings. The molecular formula is C69H102F3N18O24P3S3. The van der Waals surface area contributed by atoms with Crippen molar-refractivity contribution in [3.63, 3.8) is 0 Å². The Kier molecular flexibility index (Phi) is 30.3. The molecule has 6 aliphatic rings. The summed E-state index contributed by atoms with van der Waals surface area (Å²) in [5.41, 5.74) is 26.8. The van der Waals surface area contributed by atoms with Gasteiger partial charge in [-0.05, 0) is 80.1 Å². The zero-order valence-electron chi connectivity index (χ0n) is 68.4. The van der Waals surface area contributed by atoms with E-state index in [9.17, 15) is 42.5 Å². The number of carbonyl (C=O) groups excluding carboxylic acids is 6. The molecule has 0 spiro atoms. The summed E-state index contributed by atoms with van der Waals surface area (Å²) >= 11 is 2.72. The first kappa shape index (κ1) is 95.6. The first-order chi connectivity index (χ1) is 55.9. The topological polar surface area (TPSA) is 579 Å². The lowest BCUT2D eigenvalue weighted by Gasteiger charge is -2.33. The maximum absolute atomic E-state index is 16.1. The summed E-state index contributed by atoms with van der Waals surface area (Å²) in [6.07, 6.45) is -1.90. The Labute approximate surface area is 700 Å². The second kappa shape index (κ2) is 38.1. The molecule has 1 unspecified atom stereocenters. The summed E-state index contributed by atoms with van der Waals surface area (Å²) in [6.45, 7) is 22.6. The highest BCUT2D eigenvalue weighted by molar-refractivity contribution is 8.14. The Morgan fingerprint density at radius 2 is 0.700 bits per heavy atom. The van der Waals surface area contributed by atoms with E-state index in [0.717, 1.165) is 35.3 Å². The molecule has 6 aromatic heterocycles. The number of nitrogen functional groups attached to an aromatic ring is 3. The number of fused-ring (bicyclic) bond motifs is 6. The summed E-state index contributed by atoms with van der Waals surface area (Å²) in [4.78, 5) is 110. The van der Waals surface area contributed by atoms with Crippen molar-refractivity contribution in [1.82, 2.24) is 58.6 Å². The molecule has 666 valence electrons. The fourth-order valence-corrected chi connectivity index (χ4v) is 19.4. The van der Waals surface area contributed by atoms with E-state index in [1.165, 1.54) is 72.0 Å². The summed E-state index contributed by atoms with van der Waals surface area (Å²) in [5.74, 6) is -1.79. The number of imidazole rings is 3. The average molecular weight is 1810 g/mol. The van der Waals surface area contributed by atoms with Crippen LogP contribution in [-0.4, -0.2) is 240 Å². The molecular weight excluding hydrogens is 1710 g/mol. The highest BCUT2D eigenvalue weighted by Crippen LogP contribution is 2.63. The lowest BCUT2D eigenvalue weighted by atomic mass is 9.97. The van der Waals surface area contributed by atoms with Crippen molar-refractivity contribution in [2.24, 2.45) is 51.2 Å². The SMILES string of the molecule is CC(C)[C@H](N)C(=O)OCC(C)(C)C(=O)SCCOP1(=O)OC[C@H]2O[C@@H](n3cnc4cnc(N)nc43)[C@](C)(F)[C@@H]2O1.CC(C)[C@H](N)C(=O)OCC(C)(C)C(=O)SCCO[P@@]1(=O)OC[C@H]2O[C@@H](n3cnc4cnc(N)nc43)[C@](C)(F)[C@@H]2O1.CC(C)[C@H](N)C(=O)OCC(C)(C)C(=O)SCCO[P@]1(=O)OC[C@H]2O[C@@H](n3cnc4cnc(N)nc43)[C@](C)(F)[C@@H]2O1. The van der Waals surface area contributed by atoms with Crippen molar-refractivity contribution < 1.29 is 125 Å². The van der Waals surface area contributed by atoms with Gasteiger partial charge in [0.15, 0.2) is 68.0 Å². The number of phosphoric ester groups is 3. The van der Waals surface area contributed by atoms with E-state index in [4.69, 9.17) is 104 Å². The molecule has 51 heteroatoms. The fraction of sp³-hybridized carbons (Fsp3) is 0.696. The third kappa shape index (κ3) is 22.0. The Bertz CT molecular complexity index is 4390. The van der Waals surface area contributed by atoms with Crippen LogP contribution < -0.4 is 34.4 Å². The molecule has 6 aliphatic heterocycles. The van der Waals surface area contributed by atoms with Gasteiger partial charge < -0.3 is 62.8 Å². The zero-order chi connectivity index (χ0) is 88.4. The van der Waals surface area contributed by atoms with E-state index in [0.29, 0.717) is 16.6 Å². The number of halogens is 3. The minimum absolute atomic E-state index is 0.0150. The maximum atomic E-state index is 16.1. The van der Waals surface area contributed by atoms with Crippen LogP contribution in [0.15, 0.2) is 37.6 Å². The summed E-state index contributed by atoms with van der Waals surface area (Å²) in [7, 11) is -12.5. The number of esters is 3. The summed E-state index contributed by atoms with van der Waals surface area (Å²) < 4.78 is 174. The molecule has 12 N–H and O–H groups in total. The number of hydrogen-bond acceptors (Lipinski definition) is 42. The largest absolute Gasteiger partial charge is 0.475 e. The summed E-state index contributed by atoms with van der Waals surface area (Å²) in [6, 6.07) is -2.34.